The van der Waals surface area contributed by atoms with Gasteiger partial charge in [-0.25, -0.2) is 0 Å². The molecule has 0 radical (unpaired) electrons. The molecular weight excluding hydrogens is 272 g/mol. The van der Waals surface area contributed by atoms with Gasteiger partial charge in [-0.15, -0.1) is 6.58 Å². The topological polar surface area (TPSA) is 58.9 Å². The van der Waals surface area contributed by atoms with Crippen LogP contribution in [0, 0.1) is 5.92 Å². The van der Waals surface area contributed by atoms with Crippen LogP contribution in [-0.2, 0) is 9.16 Å². The molecule has 0 amide bonds. The van der Waals surface area contributed by atoms with Gasteiger partial charge >= 0.3 is 0 Å². The molecule has 0 bridgehead atoms. The molecule has 2 N–H and O–H groups in total. The molecule has 0 aromatic heterocycles. The van der Waals surface area contributed by atoms with E-state index in [-0.39, 0.29) is 17.6 Å². The van der Waals surface area contributed by atoms with Crippen molar-refractivity contribution >= 4 is 8.32 Å². The molecule has 1 rings (SSSR count). The third kappa shape index (κ3) is 3.92. The SMILES string of the molecule is C=CC[C@H]1CO[C@H](CO)[C@@H](O[Si](C)(C)C(C)(C)C)[C@@H]1O. The zero-order valence-corrected chi connectivity index (χ0v) is 14.4. The molecule has 1 aliphatic rings. The third-order valence-corrected chi connectivity index (χ3v) is 9.07. The van der Waals surface area contributed by atoms with Crippen molar-refractivity contribution in [1.29, 1.82) is 0 Å². The lowest BCUT2D eigenvalue weighted by atomic mass is 9.90. The number of allylic oxidation sites excluding steroid dienone is 1. The average molecular weight is 302 g/mol. The highest BCUT2D eigenvalue weighted by atomic mass is 28.4. The molecule has 4 nitrogen and oxygen atoms in total. The minimum absolute atomic E-state index is 0.00920. The molecule has 1 saturated heterocycles. The van der Waals surface area contributed by atoms with Crippen molar-refractivity contribution in [1.82, 2.24) is 0 Å². The Morgan fingerprint density at radius 3 is 2.45 bits per heavy atom. The van der Waals surface area contributed by atoms with Crippen molar-refractivity contribution in [2.75, 3.05) is 13.2 Å². The molecule has 20 heavy (non-hydrogen) atoms. The fourth-order valence-corrected chi connectivity index (χ4v) is 3.49. The van der Waals surface area contributed by atoms with Crippen molar-refractivity contribution in [2.45, 2.75) is 63.6 Å². The Morgan fingerprint density at radius 2 is 2.00 bits per heavy atom. The lowest BCUT2D eigenvalue weighted by Gasteiger charge is -2.46. The molecule has 0 aromatic carbocycles. The van der Waals surface area contributed by atoms with Crippen molar-refractivity contribution in [3.05, 3.63) is 12.7 Å². The van der Waals surface area contributed by atoms with Gasteiger partial charge in [-0.05, 0) is 24.6 Å². The summed E-state index contributed by atoms with van der Waals surface area (Å²) in [7, 11) is -2.02. The highest BCUT2D eigenvalue weighted by Crippen LogP contribution is 2.39. The first kappa shape index (κ1) is 17.8. The highest BCUT2D eigenvalue weighted by Gasteiger charge is 2.46. The number of aliphatic hydroxyl groups is 2. The summed E-state index contributed by atoms with van der Waals surface area (Å²) in [6.45, 7) is 14.8. The van der Waals surface area contributed by atoms with E-state index in [0.717, 1.165) is 0 Å². The Balaban J connectivity index is 2.88. The predicted octanol–water partition coefficient (Wildman–Crippen LogP) is 2.32. The maximum atomic E-state index is 10.5. The smallest absolute Gasteiger partial charge is 0.192 e. The number of hydrogen-bond donors (Lipinski definition) is 2. The van der Waals surface area contributed by atoms with Crippen molar-refractivity contribution in [3.63, 3.8) is 0 Å². The molecule has 0 unspecified atom stereocenters. The van der Waals surface area contributed by atoms with Gasteiger partial charge in [-0.2, -0.15) is 0 Å². The summed E-state index contributed by atoms with van der Waals surface area (Å²) in [5.41, 5.74) is 0. The van der Waals surface area contributed by atoms with Crippen LogP contribution in [0.1, 0.15) is 27.2 Å². The lowest BCUT2D eigenvalue weighted by Crippen LogP contribution is -2.58. The maximum absolute atomic E-state index is 10.5. The van der Waals surface area contributed by atoms with Crippen LogP contribution >= 0.6 is 0 Å². The van der Waals surface area contributed by atoms with E-state index in [0.29, 0.717) is 13.0 Å². The second-order valence-corrected chi connectivity index (χ2v) is 11.9. The second-order valence-electron chi connectivity index (χ2n) is 7.17. The number of rotatable bonds is 5. The minimum Gasteiger partial charge on any atom is -0.409 e. The second kappa shape index (κ2) is 6.71. The van der Waals surface area contributed by atoms with Crippen LogP contribution < -0.4 is 0 Å². The van der Waals surface area contributed by atoms with Gasteiger partial charge in [0.05, 0.1) is 25.4 Å². The van der Waals surface area contributed by atoms with E-state index < -0.39 is 26.6 Å². The molecule has 5 heteroatoms. The molecule has 0 aromatic rings. The maximum Gasteiger partial charge on any atom is 0.192 e. The predicted molar refractivity (Wildman–Crippen MR) is 83.2 cm³/mol. The zero-order chi connectivity index (χ0) is 15.6. The Hall–Kier alpha value is -0.203. The van der Waals surface area contributed by atoms with E-state index in [1.165, 1.54) is 0 Å². The van der Waals surface area contributed by atoms with E-state index in [4.69, 9.17) is 9.16 Å². The molecular formula is C15H30O4Si. The van der Waals surface area contributed by atoms with Crippen LogP contribution in [0.2, 0.25) is 18.1 Å². The summed E-state index contributed by atoms with van der Waals surface area (Å²) in [4.78, 5) is 0. The van der Waals surface area contributed by atoms with Gasteiger partial charge < -0.3 is 19.4 Å². The normalized spacial score (nSPS) is 32.1. The summed E-state index contributed by atoms with van der Waals surface area (Å²) in [5, 5.41) is 20.1. The zero-order valence-electron chi connectivity index (χ0n) is 13.4. The van der Waals surface area contributed by atoms with Crippen LogP contribution in [0.25, 0.3) is 0 Å². The summed E-state index contributed by atoms with van der Waals surface area (Å²) >= 11 is 0. The average Bonchev–Trinajstić information content (AvgIpc) is 2.33. The van der Waals surface area contributed by atoms with Crippen LogP contribution in [0.3, 0.4) is 0 Å². The monoisotopic (exact) mass is 302 g/mol. The van der Waals surface area contributed by atoms with Gasteiger partial charge in [0.25, 0.3) is 0 Å². The van der Waals surface area contributed by atoms with Crippen LogP contribution in [-0.4, -0.2) is 50.1 Å². The van der Waals surface area contributed by atoms with Crippen LogP contribution in [0.15, 0.2) is 12.7 Å². The van der Waals surface area contributed by atoms with Crippen molar-refractivity contribution < 1.29 is 19.4 Å². The van der Waals surface area contributed by atoms with Gasteiger partial charge in [0.2, 0.25) is 0 Å². The van der Waals surface area contributed by atoms with Gasteiger partial charge in [-0.3, -0.25) is 0 Å². The highest BCUT2D eigenvalue weighted by molar-refractivity contribution is 6.74. The molecule has 0 aliphatic carbocycles. The van der Waals surface area contributed by atoms with Gasteiger partial charge in [-0.1, -0.05) is 26.8 Å². The molecule has 1 fully saturated rings. The van der Waals surface area contributed by atoms with Crippen molar-refractivity contribution in [2.24, 2.45) is 5.92 Å². The fraction of sp³-hybridized carbons (Fsp3) is 0.867. The fourth-order valence-electron chi connectivity index (χ4n) is 2.17. The Morgan fingerprint density at radius 1 is 1.40 bits per heavy atom. The summed E-state index contributed by atoms with van der Waals surface area (Å²) in [6, 6.07) is 0. The minimum atomic E-state index is -2.02. The number of ether oxygens (including phenoxy) is 1. The van der Waals surface area contributed by atoms with Crippen LogP contribution in [0.4, 0.5) is 0 Å². The number of aliphatic hydroxyl groups excluding tert-OH is 2. The van der Waals surface area contributed by atoms with E-state index in [2.05, 4.69) is 40.4 Å². The molecule has 0 spiro atoms. The largest absolute Gasteiger partial charge is 0.409 e. The Bertz CT molecular complexity index is 324. The van der Waals surface area contributed by atoms with E-state index in [9.17, 15) is 10.2 Å². The summed E-state index contributed by atoms with van der Waals surface area (Å²) in [5.74, 6) is -0.00920. The summed E-state index contributed by atoms with van der Waals surface area (Å²) < 4.78 is 12.0. The van der Waals surface area contributed by atoms with E-state index >= 15 is 0 Å². The first-order chi connectivity index (χ1) is 9.14. The molecule has 1 aliphatic heterocycles. The lowest BCUT2D eigenvalue weighted by molar-refractivity contribution is -0.168. The van der Waals surface area contributed by atoms with Crippen molar-refractivity contribution in [3.8, 4) is 0 Å². The van der Waals surface area contributed by atoms with Crippen LogP contribution in [0.5, 0.6) is 0 Å². The summed E-state index contributed by atoms with van der Waals surface area (Å²) in [6.07, 6.45) is 0.962. The van der Waals surface area contributed by atoms with Gasteiger partial charge in [0.1, 0.15) is 6.10 Å². The van der Waals surface area contributed by atoms with E-state index in [1.54, 1.807) is 6.08 Å². The van der Waals surface area contributed by atoms with E-state index in [1.807, 2.05) is 0 Å². The van der Waals surface area contributed by atoms with Gasteiger partial charge in [0.15, 0.2) is 8.32 Å². The quantitative estimate of drug-likeness (QED) is 0.604. The molecule has 1 heterocycles. The van der Waals surface area contributed by atoms with Gasteiger partial charge in [0, 0.05) is 5.92 Å². The number of hydrogen-bond acceptors (Lipinski definition) is 4. The first-order valence-corrected chi connectivity index (χ1v) is 10.2. The Labute approximate surface area is 123 Å². The first-order valence-electron chi connectivity index (χ1n) is 7.33. The standard InChI is InChI=1S/C15H30O4Si/c1-7-8-11-10-18-12(9-16)14(13(11)17)19-20(5,6)15(2,3)4/h7,11-14,16-17H,1,8-10H2,2-6H3/t11-,12+,13+,14+/m0/s1. The molecule has 4 atom stereocenters. The molecule has 0 saturated carbocycles. The molecule has 118 valence electrons. The Kier molecular flexibility index (Phi) is 5.98. The third-order valence-electron chi connectivity index (χ3n) is 4.60.